The average Bonchev–Trinajstić information content (AvgIpc) is 2.03. The Morgan fingerprint density at radius 3 is 2.50 bits per heavy atom. The van der Waals surface area contributed by atoms with Crippen molar-refractivity contribution in [2.24, 2.45) is 10.9 Å². The molecule has 0 N–H and O–H groups in total. The molecule has 0 heterocycles. The summed E-state index contributed by atoms with van der Waals surface area (Å²) >= 11 is 0. The molecule has 0 rings (SSSR count). The largest absolute Gasteiger partial charge is 0.297 e. The summed E-state index contributed by atoms with van der Waals surface area (Å²) in [5.41, 5.74) is 1.39. The van der Waals surface area contributed by atoms with Gasteiger partial charge in [-0.15, -0.1) is 0 Å². The Bertz CT molecular complexity index is 185. The van der Waals surface area contributed by atoms with Crippen LogP contribution < -0.4 is 0 Å². The van der Waals surface area contributed by atoms with E-state index < -0.39 is 0 Å². The minimum absolute atomic E-state index is 0.603. The number of rotatable bonds is 4. The van der Waals surface area contributed by atoms with E-state index >= 15 is 0 Å². The third-order valence-electron chi connectivity index (χ3n) is 1.63. The van der Waals surface area contributed by atoms with Gasteiger partial charge in [-0.2, -0.15) is 0 Å². The Hall–Kier alpha value is -0.850. The minimum Gasteiger partial charge on any atom is -0.297 e. The van der Waals surface area contributed by atoms with Crippen LogP contribution in [-0.4, -0.2) is 13.3 Å². The normalized spacial score (nSPS) is 13.9. The lowest BCUT2D eigenvalue weighted by Gasteiger charge is -2.04. The molecule has 0 fully saturated rings. The van der Waals surface area contributed by atoms with E-state index in [-0.39, 0.29) is 0 Å². The standard InChI is InChI=1S/C11H19N/c1-5-7-11(10(2)3)8-6-9-12-4/h6-10H,5H2,1-4H3/b8-6-,11-7-,12-9-. The Morgan fingerprint density at radius 2 is 2.08 bits per heavy atom. The molecule has 1 nitrogen and oxygen atoms in total. The van der Waals surface area contributed by atoms with Gasteiger partial charge >= 0.3 is 0 Å². The Morgan fingerprint density at radius 1 is 1.42 bits per heavy atom. The summed E-state index contributed by atoms with van der Waals surface area (Å²) in [7, 11) is 1.78. The highest BCUT2D eigenvalue weighted by Gasteiger charge is 1.95. The van der Waals surface area contributed by atoms with E-state index in [0.29, 0.717) is 5.92 Å². The van der Waals surface area contributed by atoms with Gasteiger partial charge < -0.3 is 0 Å². The van der Waals surface area contributed by atoms with Crippen molar-refractivity contribution in [3.8, 4) is 0 Å². The zero-order chi connectivity index (χ0) is 9.40. The van der Waals surface area contributed by atoms with Gasteiger partial charge in [-0.25, -0.2) is 0 Å². The molecule has 0 aromatic heterocycles. The molecule has 0 aliphatic rings. The van der Waals surface area contributed by atoms with Crippen molar-refractivity contribution in [2.45, 2.75) is 27.2 Å². The van der Waals surface area contributed by atoms with Crippen LogP contribution in [0.1, 0.15) is 27.2 Å². The van der Waals surface area contributed by atoms with Crippen LogP contribution in [0.25, 0.3) is 0 Å². The predicted molar refractivity (Wildman–Crippen MR) is 56.8 cm³/mol. The molecule has 0 aromatic rings. The summed E-state index contributed by atoms with van der Waals surface area (Å²) in [6.45, 7) is 6.56. The van der Waals surface area contributed by atoms with E-state index in [1.54, 1.807) is 7.05 Å². The molecule has 68 valence electrons. The Labute approximate surface area is 75.9 Å². The van der Waals surface area contributed by atoms with Gasteiger partial charge in [-0.05, 0) is 24.0 Å². The number of nitrogens with zero attached hydrogens (tertiary/aromatic N) is 1. The van der Waals surface area contributed by atoms with Crippen LogP contribution in [0.3, 0.4) is 0 Å². The molecule has 1 heteroatoms. The minimum atomic E-state index is 0.603. The zero-order valence-electron chi connectivity index (χ0n) is 8.54. The summed E-state index contributed by atoms with van der Waals surface area (Å²) in [5, 5.41) is 0. The van der Waals surface area contributed by atoms with Crippen LogP contribution in [0.5, 0.6) is 0 Å². The third-order valence-corrected chi connectivity index (χ3v) is 1.63. The van der Waals surface area contributed by atoms with Crippen molar-refractivity contribution in [1.29, 1.82) is 0 Å². The second-order valence-corrected chi connectivity index (χ2v) is 3.03. The van der Waals surface area contributed by atoms with E-state index in [1.165, 1.54) is 5.57 Å². The fourth-order valence-electron chi connectivity index (χ4n) is 0.972. The number of hydrogen-bond donors (Lipinski definition) is 0. The lowest BCUT2D eigenvalue weighted by atomic mass is 10.0. The summed E-state index contributed by atoms with van der Waals surface area (Å²) in [6.07, 6.45) is 9.28. The lowest BCUT2D eigenvalue weighted by molar-refractivity contribution is 0.785. The van der Waals surface area contributed by atoms with E-state index in [0.717, 1.165) is 6.42 Å². The van der Waals surface area contributed by atoms with Crippen molar-refractivity contribution in [3.63, 3.8) is 0 Å². The predicted octanol–water partition coefficient (Wildman–Crippen LogP) is 3.24. The lowest BCUT2D eigenvalue weighted by Crippen LogP contribution is -1.89. The first-order valence-electron chi connectivity index (χ1n) is 4.51. The summed E-state index contributed by atoms with van der Waals surface area (Å²) in [5.74, 6) is 0.603. The highest BCUT2D eigenvalue weighted by atomic mass is 14.6. The maximum Gasteiger partial charge on any atom is 0.0277 e. The SMILES string of the molecule is CC/C=C(/C=C\C=N/C)C(C)C. The fraction of sp³-hybridized carbons (Fsp3) is 0.545. The summed E-state index contributed by atoms with van der Waals surface area (Å²) in [6, 6.07) is 0. The van der Waals surface area contributed by atoms with Gasteiger partial charge in [0.05, 0.1) is 0 Å². The molecule has 12 heavy (non-hydrogen) atoms. The topological polar surface area (TPSA) is 12.4 Å². The first-order valence-corrected chi connectivity index (χ1v) is 4.51. The van der Waals surface area contributed by atoms with E-state index in [1.807, 2.05) is 12.3 Å². The fourth-order valence-corrected chi connectivity index (χ4v) is 0.972. The molecule has 0 amide bonds. The second kappa shape index (κ2) is 6.84. The zero-order valence-corrected chi connectivity index (χ0v) is 8.54. The maximum atomic E-state index is 3.89. The van der Waals surface area contributed by atoms with E-state index in [2.05, 4.69) is 37.9 Å². The van der Waals surface area contributed by atoms with Gasteiger partial charge in [0.2, 0.25) is 0 Å². The number of hydrogen-bond acceptors (Lipinski definition) is 1. The van der Waals surface area contributed by atoms with Gasteiger partial charge in [0.15, 0.2) is 0 Å². The van der Waals surface area contributed by atoms with Gasteiger partial charge in [-0.3, -0.25) is 4.99 Å². The van der Waals surface area contributed by atoms with Crippen molar-refractivity contribution in [1.82, 2.24) is 0 Å². The smallest absolute Gasteiger partial charge is 0.0277 e. The van der Waals surface area contributed by atoms with Crippen LogP contribution in [0.4, 0.5) is 0 Å². The van der Waals surface area contributed by atoms with Gasteiger partial charge in [0.25, 0.3) is 0 Å². The molecule has 0 radical (unpaired) electrons. The monoisotopic (exact) mass is 165 g/mol. The van der Waals surface area contributed by atoms with Gasteiger partial charge in [-0.1, -0.05) is 32.9 Å². The number of aliphatic imine (C=N–C) groups is 1. The van der Waals surface area contributed by atoms with Crippen LogP contribution in [0, 0.1) is 5.92 Å². The molecular formula is C11H19N. The van der Waals surface area contributed by atoms with Crippen LogP contribution in [0.15, 0.2) is 28.8 Å². The van der Waals surface area contributed by atoms with E-state index in [4.69, 9.17) is 0 Å². The number of allylic oxidation sites excluding steroid dienone is 4. The van der Waals surface area contributed by atoms with Crippen molar-refractivity contribution in [2.75, 3.05) is 7.05 Å². The Balaban J connectivity index is 4.23. The van der Waals surface area contributed by atoms with Crippen LogP contribution >= 0.6 is 0 Å². The van der Waals surface area contributed by atoms with E-state index in [9.17, 15) is 0 Å². The molecule has 0 saturated carbocycles. The third kappa shape index (κ3) is 4.89. The van der Waals surface area contributed by atoms with Crippen molar-refractivity contribution >= 4 is 6.21 Å². The molecule has 0 saturated heterocycles. The molecule has 0 aliphatic heterocycles. The first kappa shape index (κ1) is 11.2. The highest BCUT2D eigenvalue weighted by Crippen LogP contribution is 2.11. The van der Waals surface area contributed by atoms with Gasteiger partial charge in [0.1, 0.15) is 0 Å². The quantitative estimate of drug-likeness (QED) is 0.448. The van der Waals surface area contributed by atoms with Gasteiger partial charge in [0, 0.05) is 13.3 Å². The van der Waals surface area contributed by atoms with Crippen LogP contribution in [-0.2, 0) is 0 Å². The molecule has 0 atom stereocenters. The molecular weight excluding hydrogens is 146 g/mol. The summed E-state index contributed by atoms with van der Waals surface area (Å²) < 4.78 is 0. The molecule has 0 aromatic carbocycles. The first-order chi connectivity index (χ1) is 5.72. The molecule has 0 spiro atoms. The average molecular weight is 165 g/mol. The summed E-state index contributed by atoms with van der Waals surface area (Å²) in [4.78, 5) is 3.89. The van der Waals surface area contributed by atoms with Crippen molar-refractivity contribution < 1.29 is 0 Å². The second-order valence-electron chi connectivity index (χ2n) is 3.03. The maximum absolute atomic E-state index is 3.89. The van der Waals surface area contributed by atoms with Crippen LogP contribution in [0.2, 0.25) is 0 Å². The van der Waals surface area contributed by atoms with Crippen molar-refractivity contribution in [3.05, 3.63) is 23.8 Å². The molecule has 0 aliphatic carbocycles. The molecule has 0 bridgehead atoms. The molecule has 0 unspecified atom stereocenters. The highest BCUT2D eigenvalue weighted by molar-refractivity contribution is 5.71. The Kier molecular flexibility index (Phi) is 6.35.